The van der Waals surface area contributed by atoms with Crippen LogP contribution in [0, 0.1) is 5.92 Å². The quantitative estimate of drug-likeness (QED) is 0.334. The summed E-state index contributed by atoms with van der Waals surface area (Å²) in [7, 11) is 2.91. The molecule has 5 N–H and O–H groups in total. The summed E-state index contributed by atoms with van der Waals surface area (Å²) < 4.78 is 25.7. The van der Waals surface area contributed by atoms with Gasteiger partial charge in [-0.05, 0) is 54.4 Å². The summed E-state index contributed by atoms with van der Waals surface area (Å²) in [6, 6.07) is 0. The van der Waals surface area contributed by atoms with Crippen LogP contribution in [0.25, 0.3) is 0 Å². The van der Waals surface area contributed by atoms with Gasteiger partial charge in [-0.25, -0.2) is 14.6 Å². The number of rotatable bonds is 8. The van der Waals surface area contributed by atoms with Crippen molar-refractivity contribution in [2.45, 2.75) is 78.7 Å². The molecule has 16 heteroatoms. The van der Waals surface area contributed by atoms with Crippen LogP contribution in [0.3, 0.4) is 0 Å². The van der Waals surface area contributed by atoms with Gasteiger partial charge in [-0.15, -0.1) is 0 Å². The summed E-state index contributed by atoms with van der Waals surface area (Å²) in [5, 5.41) is 7.82. The maximum Gasteiger partial charge on any atom is 0.413 e. The van der Waals surface area contributed by atoms with E-state index in [1.165, 1.54) is 26.6 Å². The van der Waals surface area contributed by atoms with E-state index in [1.807, 2.05) is 0 Å². The Balaban J connectivity index is 0.000000329. The Hall–Kier alpha value is -4.31. The molecule has 0 radical (unpaired) electrons. The van der Waals surface area contributed by atoms with Crippen molar-refractivity contribution in [3.8, 4) is 11.8 Å². The van der Waals surface area contributed by atoms with Crippen LogP contribution in [0.5, 0.6) is 11.8 Å². The Bertz CT molecular complexity index is 1260. The standard InChI is InChI=1S/C17H26N4O5.C11H18N4O3/c1-17(2,3)26-16(23)21-13-10-18-12(15(20-13)24-4)9-19-14(22)11-5-7-25-8-6-11;1-11(2,3)18-10(16)15-8-6-13-7(5-12)9(14-8)17-4/h10-11H,5-9H2,1-4H3,(H,19,22)(H,20,21,23);6H,5,12H2,1-4H3,(H,14,15,16). The molecule has 1 aliphatic heterocycles. The minimum absolute atomic E-state index is 0.0342. The minimum atomic E-state index is -0.630. The molecule has 0 spiro atoms. The van der Waals surface area contributed by atoms with E-state index in [-0.39, 0.29) is 48.3 Å². The van der Waals surface area contributed by atoms with Gasteiger partial charge in [-0.1, -0.05) is 0 Å². The summed E-state index contributed by atoms with van der Waals surface area (Å²) >= 11 is 0. The minimum Gasteiger partial charge on any atom is -0.480 e. The van der Waals surface area contributed by atoms with E-state index >= 15 is 0 Å². The van der Waals surface area contributed by atoms with Crippen molar-refractivity contribution in [3.05, 3.63) is 23.8 Å². The van der Waals surface area contributed by atoms with Gasteiger partial charge in [0.25, 0.3) is 0 Å². The number of anilines is 2. The molecule has 1 aliphatic rings. The predicted octanol–water partition coefficient (Wildman–Crippen LogP) is 3.17. The number of nitrogens with one attached hydrogen (secondary N) is 3. The van der Waals surface area contributed by atoms with E-state index < -0.39 is 23.4 Å². The molecule has 0 saturated carbocycles. The van der Waals surface area contributed by atoms with Crippen molar-refractivity contribution in [3.63, 3.8) is 0 Å². The van der Waals surface area contributed by atoms with Gasteiger partial charge in [-0.2, -0.15) is 9.97 Å². The van der Waals surface area contributed by atoms with Gasteiger partial charge in [0, 0.05) is 25.7 Å². The van der Waals surface area contributed by atoms with Crippen molar-refractivity contribution in [2.24, 2.45) is 11.7 Å². The fourth-order valence-corrected chi connectivity index (χ4v) is 3.59. The molecular weight excluding hydrogens is 576 g/mol. The van der Waals surface area contributed by atoms with Crippen LogP contribution in [0.4, 0.5) is 21.2 Å². The zero-order valence-corrected chi connectivity index (χ0v) is 26.6. The highest BCUT2D eigenvalue weighted by atomic mass is 16.6. The number of carbonyl (C=O) groups excluding carboxylic acids is 3. The van der Waals surface area contributed by atoms with Crippen LogP contribution in [-0.2, 0) is 32.1 Å². The van der Waals surface area contributed by atoms with E-state index in [0.29, 0.717) is 37.4 Å². The monoisotopic (exact) mass is 620 g/mol. The second-order valence-corrected chi connectivity index (χ2v) is 11.5. The van der Waals surface area contributed by atoms with Crippen LogP contribution in [0.1, 0.15) is 65.8 Å². The molecule has 2 aromatic rings. The topological polar surface area (TPSA) is 211 Å². The molecule has 0 aromatic carbocycles. The smallest absolute Gasteiger partial charge is 0.413 e. The number of nitrogens with two attached hydrogens (primary N) is 1. The van der Waals surface area contributed by atoms with Gasteiger partial charge in [0.1, 0.15) is 22.6 Å². The lowest BCUT2D eigenvalue weighted by molar-refractivity contribution is -0.128. The second kappa shape index (κ2) is 16.5. The summed E-state index contributed by atoms with van der Waals surface area (Å²) in [5.74, 6) is 0.884. The zero-order chi connectivity index (χ0) is 32.9. The molecule has 2 aromatic heterocycles. The highest BCUT2D eigenvalue weighted by Gasteiger charge is 2.22. The fourth-order valence-electron chi connectivity index (χ4n) is 3.59. The van der Waals surface area contributed by atoms with Crippen LogP contribution in [-0.4, -0.2) is 76.7 Å². The molecule has 0 atom stereocenters. The Morgan fingerprint density at radius 1 is 0.841 bits per heavy atom. The number of hydrogen-bond acceptors (Lipinski definition) is 13. The fraction of sp³-hybridized carbons (Fsp3) is 0.607. The van der Waals surface area contributed by atoms with Crippen molar-refractivity contribution in [1.29, 1.82) is 0 Å². The van der Waals surface area contributed by atoms with Gasteiger partial charge >= 0.3 is 12.2 Å². The van der Waals surface area contributed by atoms with Crippen LogP contribution in [0.15, 0.2) is 12.4 Å². The van der Waals surface area contributed by atoms with Crippen molar-refractivity contribution < 1.29 is 38.1 Å². The summed E-state index contributed by atoms with van der Waals surface area (Å²) in [6.07, 6.45) is 2.99. The van der Waals surface area contributed by atoms with Gasteiger partial charge in [0.2, 0.25) is 17.7 Å². The van der Waals surface area contributed by atoms with E-state index in [2.05, 4.69) is 35.9 Å². The summed E-state index contributed by atoms with van der Waals surface area (Å²) in [5.41, 5.74) is 5.28. The number of carbonyl (C=O) groups is 3. The van der Waals surface area contributed by atoms with Crippen molar-refractivity contribution in [2.75, 3.05) is 38.1 Å². The van der Waals surface area contributed by atoms with Crippen LogP contribution < -0.4 is 31.2 Å². The normalized spacial score (nSPS) is 13.5. The lowest BCUT2D eigenvalue weighted by atomic mass is 9.99. The maximum absolute atomic E-state index is 12.2. The predicted molar refractivity (Wildman–Crippen MR) is 160 cm³/mol. The first-order valence-electron chi connectivity index (χ1n) is 14.0. The first-order chi connectivity index (χ1) is 20.6. The SMILES string of the molecule is COc1nc(NC(=O)OC(C)(C)C)cnc1CN.COc1nc(NC(=O)OC(C)(C)C)cnc1CNC(=O)C1CCOCC1. The first kappa shape index (κ1) is 35.9. The molecule has 1 fully saturated rings. The number of methoxy groups -OCH3 is 2. The highest BCUT2D eigenvalue weighted by molar-refractivity contribution is 5.84. The highest BCUT2D eigenvalue weighted by Crippen LogP contribution is 2.19. The maximum atomic E-state index is 12.2. The molecule has 16 nitrogen and oxygen atoms in total. The summed E-state index contributed by atoms with van der Waals surface area (Å²) in [6.45, 7) is 12.2. The number of hydrogen-bond donors (Lipinski definition) is 4. The van der Waals surface area contributed by atoms with E-state index in [9.17, 15) is 14.4 Å². The number of amides is 3. The molecule has 3 rings (SSSR count). The third-order valence-corrected chi connectivity index (χ3v) is 5.48. The van der Waals surface area contributed by atoms with Gasteiger partial charge in [0.05, 0.1) is 33.2 Å². The molecule has 0 aliphatic carbocycles. The van der Waals surface area contributed by atoms with E-state index in [0.717, 1.165) is 0 Å². The Kier molecular flexibility index (Phi) is 13.5. The van der Waals surface area contributed by atoms with Gasteiger partial charge in [0.15, 0.2) is 11.6 Å². The molecule has 0 bridgehead atoms. The third-order valence-electron chi connectivity index (χ3n) is 5.48. The molecule has 0 unspecified atom stereocenters. The van der Waals surface area contributed by atoms with Crippen LogP contribution >= 0.6 is 0 Å². The van der Waals surface area contributed by atoms with Crippen molar-refractivity contribution in [1.82, 2.24) is 25.3 Å². The largest absolute Gasteiger partial charge is 0.480 e. The molecule has 3 amide bonds. The second-order valence-electron chi connectivity index (χ2n) is 11.5. The number of ether oxygens (including phenoxy) is 5. The van der Waals surface area contributed by atoms with Crippen LogP contribution in [0.2, 0.25) is 0 Å². The van der Waals surface area contributed by atoms with Crippen molar-refractivity contribution >= 4 is 29.7 Å². The van der Waals surface area contributed by atoms with E-state index in [4.69, 9.17) is 29.4 Å². The molecule has 3 heterocycles. The molecule has 1 saturated heterocycles. The molecule has 44 heavy (non-hydrogen) atoms. The third kappa shape index (κ3) is 12.9. The molecular formula is C28H44N8O8. The Morgan fingerprint density at radius 2 is 1.30 bits per heavy atom. The van der Waals surface area contributed by atoms with Gasteiger partial charge < -0.3 is 34.7 Å². The average molecular weight is 621 g/mol. The zero-order valence-electron chi connectivity index (χ0n) is 26.6. The molecule has 244 valence electrons. The van der Waals surface area contributed by atoms with E-state index in [1.54, 1.807) is 41.5 Å². The first-order valence-corrected chi connectivity index (χ1v) is 14.0. The number of aromatic nitrogens is 4. The average Bonchev–Trinajstić information content (AvgIpc) is 2.94. The lowest BCUT2D eigenvalue weighted by Gasteiger charge is -2.21. The summed E-state index contributed by atoms with van der Waals surface area (Å²) in [4.78, 5) is 52.0. The lowest BCUT2D eigenvalue weighted by Crippen LogP contribution is -2.34. The Morgan fingerprint density at radius 3 is 1.73 bits per heavy atom. The Labute approximate surface area is 257 Å². The number of nitrogens with zero attached hydrogens (tertiary/aromatic N) is 4. The van der Waals surface area contributed by atoms with Gasteiger partial charge in [-0.3, -0.25) is 20.4 Å².